The van der Waals surface area contributed by atoms with Crippen molar-refractivity contribution in [2.24, 2.45) is 0 Å². The minimum atomic E-state index is -1.15. The summed E-state index contributed by atoms with van der Waals surface area (Å²) in [6, 6.07) is 0.608. The van der Waals surface area contributed by atoms with Crippen LogP contribution in [-0.4, -0.2) is 70.1 Å². The topological polar surface area (TPSA) is 108 Å². The monoisotopic (exact) mass is 434 g/mol. The molecule has 2 heterocycles. The first-order valence-electron chi connectivity index (χ1n) is 10.6. The molecular formula is C21H30N4O4S. The van der Waals surface area contributed by atoms with Gasteiger partial charge in [0, 0.05) is 10.9 Å². The van der Waals surface area contributed by atoms with Crippen LogP contribution in [0.4, 0.5) is 0 Å². The van der Waals surface area contributed by atoms with E-state index in [1.807, 2.05) is 0 Å². The lowest BCUT2D eigenvalue weighted by molar-refractivity contribution is -0.131. The summed E-state index contributed by atoms with van der Waals surface area (Å²) in [4.78, 5) is 25.2. The van der Waals surface area contributed by atoms with E-state index < -0.39 is 18.7 Å². The standard InChI is InChI=1S/C21H30N4O4S/c1-25(2)13-4-6-14(7-5-13)29-20-18-17-12(9-15(27)19(28)24-11-26)3-8-16(17)30-21(18)23-10-22-20/h10,12-15,26-27H,3-9,11H2,1-2H3,(H,24,28)/t12-,13-,14-,15+/m1/s1. The molecule has 0 aliphatic heterocycles. The molecule has 2 aliphatic rings. The highest BCUT2D eigenvalue weighted by Gasteiger charge is 2.33. The summed E-state index contributed by atoms with van der Waals surface area (Å²) in [6.45, 7) is -0.477. The third-order valence-corrected chi connectivity index (χ3v) is 7.58. The Morgan fingerprint density at radius 2 is 2.07 bits per heavy atom. The Hall–Kier alpha value is -1.81. The molecule has 164 valence electrons. The Bertz CT molecular complexity index is 895. The van der Waals surface area contributed by atoms with E-state index in [0.29, 0.717) is 18.3 Å². The predicted molar refractivity (Wildman–Crippen MR) is 115 cm³/mol. The number of aryl methyl sites for hydroxylation is 1. The molecule has 2 aromatic heterocycles. The number of aliphatic hydroxyl groups excluding tert-OH is 2. The number of hydrogen-bond donors (Lipinski definition) is 3. The number of nitrogens with one attached hydrogen (secondary N) is 1. The molecule has 1 saturated carbocycles. The van der Waals surface area contributed by atoms with Gasteiger partial charge in [0.15, 0.2) is 0 Å². The number of nitrogens with zero attached hydrogens (tertiary/aromatic N) is 3. The molecule has 1 fully saturated rings. The van der Waals surface area contributed by atoms with Crippen molar-refractivity contribution in [1.29, 1.82) is 0 Å². The first kappa shape index (κ1) is 21.4. The molecule has 0 unspecified atom stereocenters. The normalized spacial score (nSPS) is 24.8. The summed E-state index contributed by atoms with van der Waals surface area (Å²) in [5, 5.41) is 22.3. The van der Waals surface area contributed by atoms with Crippen molar-refractivity contribution >= 4 is 27.5 Å². The largest absolute Gasteiger partial charge is 0.474 e. The fourth-order valence-corrected chi connectivity index (χ4v) is 6.01. The Balaban J connectivity index is 1.54. The molecule has 0 spiro atoms. The average molecular weight is 435 g/mol. The molecule has 0 aromatic carbocycles. The van der Waals surface area contributed by atoms with Crippen molar-refractivity contribution in [2.75, 3.05) is 20.8 Å². The molecule has 2 atom stereocenters. The summed E-state index contributed by atoms with van der Waals surface area (Å²) in [6.07, 6.45) is 6.89. The summed E-state index contributed by atoms with van der Waals surface area (Å²) in [5.74, 6) is 0.133. The van der Waals surface area contributed by atoms with E-state index in [-0.39, 0.29) is 12.0 Å². The Morgan fingerprint density at radius 3 is 2.77 bits per heavy atom. The molecule has 2 aromatic rings. The predicted octanol–water partition coefficient (Wildman–Crippen LogP) is 1.79. The number of amides is 1. The van der Waals surface area contributed by atoms with Gasteiger partial charge in [0.25, 0.3) is 5.91 Å². The molecule has 1 amide bonds. The average Bonchev–Trinajstić information content (AvgIpc) is 3.28. The zero-order chi connectivity index (χ0) is 21.3. The third-order valence-electron chi connectivity index (χ3n) is 6.41. The van der Waals surface area contributed by atoms with E-state index in [1.165, 1.54) is 4.88 Å². The van der Waals surface area contributed by atoms with Gasteiger partial charge in [0.1, 0.15) is 30.1 Å². The number of rotatable bonds is 7. The van der Waals surface area contributed by atoms with Gasteiger partial charge in [-0.2, -0.15) is 0 Å². The van der Waals surface area contributed by atoms with Gasteiger partial charge in [0.2, 0.25) is 5.88 Å². The third kappa shape index (κ3) is 4.30. The summed E-state index contributed by atoms with van der Waals surface area (Å²) in [5.41, 5.74) is 1.13. The maximum Gasteiger partial charge on any atom is 0.250 e. The molecule has 0 bridgehead atoms. The number of fused-ring (bicyclic) bond motifs is 3. The quantitative estimate of drug-likeness (QED) is 0.570. The fraction of sp³-hybridized carbons (Fsp3) is 0.667. The Labute approximate surface area is 180 Å². The highest BCUT2D eigenvalue weighted by atomic mass is 32.1. The minimum Gasteiger partial charge on any atom is -0.474 e. The zero-order valence-corrected chi connectivity index (χ0v) is 18.3. The van der Waals surface area contributed by atoms with Gasteiger partial charge in [-0.25, -0.2) is 9.97 Å². The van der Waals surface area contributed by atoms with Gasteiger partial charge in [-0.3, -0.25) is 4.79 Å². The fourth-order valence-electron chi connectivity index (χ4n) is 4.78. The SMILES string of the molecule is CN(C)[C@H]1CC[C@H](Oc2ncnc3sc4c(c23)[C@@H](C[C@H](O)C(=O)NCO)CC4)CC1. The molecule has 0 radical (unpaired) electrons. The van der Waals surface area contributed by atoms with E-state index in [2.05, 4.69) is 34.3 Å². The van der Waals surface area contributed by atoms with Crippen LogP contribution in [0.25, 0.3) is 10.2 Å². The lowest BCUT2D eigenvalue weighted by Gasteiger charge is -2.32. The first-order chi connectivity index (χ1) is 14.5. The number of ether oxygens (including phenoxy) is 1. The van der Waals surface area contributed by atoms with Crippen LogP contribution >= 0.6 is 11.3 Å². The van der Waals surface area contributed by atoms with E-state index >= 15 is 0 Å². The molecule has 30 heavy (non-hydrogen) atoms. The van der Waals surface area contributed by atoms with Crippen molar-refractivity contribution in [3.8, 4) is 5.88 Å². The molecule has 0 saturated heterocycles. The zero-order valence-electron chi connectivity index (χ0n) is 17.5. The van der Waals surface area contributed by atoms with Gasteiger partial charge >= 0.3 is 0 Å². The Morgan fingerprint density at radius 1 is 1.30 bits per heavy atom. The molecule has 4 rings (SSSR count). The second-order valence-corrected chi connectivity index (χ2v) is 9.58. The van der Waals surface area contributed by atoms with Gasteiger partial charge < -0.3 is 25.2 Å². The van der Waals surface area contributed by atoms with Gasteiger partial charge in [-0.1, -0.05) is 0 Å². The lowest BCUT2D eigenvalue weighted by Crippen LogP contribution is -2.36. The number of thiophene rings is 1. The number of carbonyl (C=O) groups is 1. The second kappa shape index (κ2) is 9.13. The summed E-state index contributed by atoms with van der Waals surface area (Å²) >= 11 is 1.66. The van der Waals surface area contributed by atoms with Crippen molar-refractivity contribution < 1.29 is 19.7 Å². The van der Waals surface area contributed by atoms with Crippen LogP contribution in [0.3, 0.4) is 0 Å². The maximum absolute atomic E-state index is 11.9. The highest BCUT2D eigenvalue weighted by molar-refractivity contribution is 7.19. The van der Waals surface area contributed by atoms with Crippen LogP contribution in [0.2, 0.25) is 0 Å². The minimum absolute atomic E-state index is 0.0472. The van der Waals surface area contributed by atoms with E-state index in [4.69, 9.17) is 9.84 Å². The van der Waals surface area contributed by atoms with E-state index in [9.17, 15) is 9.90 Å². The van der Waals surface area contributed by atoms with Crippen LogP contribution < -0.4 is 10.1 Å². The van der Waals surface area contributed by atoms with Crippen molar-refractivity contribution in [2.45, 2.75) is 69.1 Å². The molecule has 8 nitrogen and oxygen atoms in total. The molecule has 9 heteroatoms. The van der Waals surface area contributed by atoms with Crippen LogP contribution in [0.5, 0.6) is 5.88 Å². The second-order valence-electron chi connectivity index (χ2n) is 8.50. The van der Waals surface area contributed by atoms with E-state index in [1.54, 1.807) is 17.7 Å². The van der Waals surface area contributed by atoms with Crippen LogP contribution in [0, 0.1) is 0 Å². The van der Waals surface area contributed by atoms with Gasteiger partial charge in [-0.05, 0) is 70.5 Å². The van der Waals surface area contributed by atoms with Gasteiger partial charge in [-0.15, -0.1) is 11.3 Å². The summed E-state index contributed by atoms with van der Waals surface area (Å²) < 4.78 is 6.38. The lowest BCUT2D eigenvalue weighted by atomic mass is 9.92. The maximum atomic E-state index is 11.9. The molecule has 2 aliphatic carbocycles. The van der Waals surface area contributed by atoms with Crippen LogP contribution in [0.1, 0.15) is 54.9 Å². The number of carbonyl (C=O) groups excluding carboxylic acids is 1. The molecular weight excluding hydrogens is 404 g/mol. The van der Waals surface area contributed by atoms with Crippen LogP contribution in [-0.2, 0) is 11.2 Å². The van der Waals surface area contributed by atoms with Crippen molar-refractivity contribution in [3.05, 3.63) is 16.8 Å². The highest BCUT2D eigenvalue weighted by Crippen LogP contribution is 2.47. The number of aromatic nitrogens is 2. The van der Waals surface area contributed by atoms with Crippen molar-refractivity contribution in [1.82, 2.24) is 20.2 Å². The number of hydrogen-bond acceptors (Lipinski definition) is 8. The first-order valence-corrected chi connectivity index (χ1v) is 11.5. The van der Waals surface area contributed by atoms with Crippen LogP contribution in [0.15, 0.2) is 6.33 Å². The number of aliphatic hydroxyl groups is 2. The smallest absolute Gasteiger partial charge is 0.250 e. The molecule has 3 N–H and O–H groups in total. The van der Waals surface area contributed by atoms with E-state index in [0.717, 1.165) is 54.3 Å². The Kier molecular flexibility index (Phi) is 6.52. The van der Waals surface area contributed by atoms with Gasteiger partial charge in [0.05, 0.1) is 5.39 Å². The summed E-state index contributed by atoms with van der Waals surface area (Å²) in [7, 11) is 4.26. The van der Waals surface area contributed by atoms with Crippen molar-refractivity contribution in [3.63, 3.8) is 0 Å².